The largest absolute Gasteiger partial charge is 0.386 e. The number of benzene rings is 1. The number of thiocarbonyl (C=S) groups is 1. The average molecular weight is 326 g/mol. The minimum atomic E-state index is -0.609. The second-order valence-corrected chi connectivity index (χ2v) is 4.27. The zero-order chi connectivity index (χ0) is 16.5. The molecule has 1 heterocycles. The van der Waals surface area contributed by atoms with E-state index in [0.29, 0.717) is 5.82 Å². The Hall–Kier alpha value is -2.35. The van der Waals surface area contributed by atoms with Gasteiger partial charge >= 0.3 is 0 Å². The lowest BCUT2D eigenvalue weighted by molar-refractivity contribution is -0.106. The zero-order valence-corrected chi connectivity index (χ0v) is 13.0. The number of halogens is 2. The summed E-state index contributed by atoms with van der Waals surface area (Å²) in [5.74, 6) is -0.681. The summed E-state index contributed by atoms with van der Waals surface area (Å²) in [5, 5.41) is 9.48. The van der Waals surface area contributed by atoms with Gasteiger partial charge in [-0.1, -0.05) is 12.2 Å². The van der Waals surface area contributed by atoms with E-state index in [0.717, 1.165) is 6.29 Å². The van der Waals surface area contributed by atoms with E-state index in [1.807, 2.05) is 0 Å². The minimum Gasteiger partial charge on any atom is -0.386 e. The maximum absolute atomic E-state index is 14.0. The molecule has 0 amide bonds. The number of rotatable bonds is 5. The van der Waals surface area contributed by atoms with Gasteiger partial charge in [0, 0.05) is 24.9 Å². The molecule has 2 N–H and O–H groups in total. The van der Waals surface area contributed by atoms with Crippen LogP contribution < -0.4 is 10.6 Å². The lowest BCUT2D eigenvalue weighted by atomic mass is 10.1. The number of hydrogen-bond donors (Lipinski definition) is 2. The topological polar surface area (TPSA) is 59.0 Å². The molecule has 5 nitrogen and oxygen atoms in total. The molecule has 0 saturated heterocycles. The number of carbonyl (C=O) groups is 1. The second kappa shape index (κ2) is 8.83. The number of aromatic nitrogens is 2. The van der Waals surface area contributed by atoms with Crippen LogP contribution in [0.2, 0.25) is 0 Å². The van der Waals surface area contributed by atoms with Gasteiger partial charge in [-0.3, -0.25) is 4.68 Å². The summed E-state index contributed by atoms with van der Waals surface area (Å²) in [6, 6.07) is 4.25. The fraction of sp³-hybridized carbons (Fsp3) is 0.214. The molecule has 2 rings (SSSR count). The maximum Gasteiger partial charge on any atom is 0.154 e. The fourth-order valence-electron chi connectivity index (χ4n) is 1.68. The van der Waals surface area contributed by atoms with Crippen molar-refractivity contribution in [3.8, 4) is 0 Å². The first kappa shape index (κ1) is 17.7. The van der Waals surface area contributed by atoms with Crippen LogP contribution in [0.1, 0.15) is 12.5 Å². The minimum absolute atomic E-state index is 0.00625. The second-order valence-electron chi connectivity index (χ2n) is 4.03. The highest BCUT2D eigenvalue weighted by atomic mass is 32.1. The Kier molecular flexibility index (Phi) is 7.11. The molecule has 0 spiro atoms. The molecule has 0 aliphatic carbocycles. The van der Waals surface area contributed by atoms with Crippen LogP contribution >= 0.6 is 12.2 Å². The van der Waals surface area contributed by atoms with E-state index in [-0.39, 0.29) is 17.8 Å². The van der Waals surface area contributed by atoms with Gasteiger partial charge < -0.3 is 15.4 Å². The third-order valence-corrected chi connectivity index (χ3v) is 2.74. The van der Waals surface area contributed by atoms with Crippen LogP contribution in [0.5, 0.6) is 0 Å². The highest BCUT2D eigenvalue weighted by Crippen LogP contribution is 2.21. The van der Waals surface area contributed by atoms with Gasteiger partial charge in [0.05, 0.1) is 17.7 Å². The fourth-order valence-corrected chi connectivity index (χ4v) is 1.81. The number of carbonyl (C=O) groups excluding carboxylic acids is 1. The highest BCUT2D eigenvalue weighted by Gasteiger charge is 2.14. The molecule has 1 aromatic carbocycles. The van der Waals surface area contributed by atoms with Crippen molar-refractivity contribution in [2.24, 2.45) is 0 Å². The van der Waals surface area contributed by atoms with Gasteiger partial charge in [0.2, 0.25) is 0 Å². The smallest absolute Gasteiger partial charge is 0.154 e. The molecule has 22 heavy (non-hydrogen) atoms. The lowest BCUT2D eigenvalue weighted by Gasteiger charge is -2.09. The Bertz CT molecular complexity index is 646. The summed E-state index contributed by atoms with van der Waals surface area (Å²) in [4.78, 5) is 8.81. The number of nitrogens with one attached hydrogen (secondary N) is 2. The monoisotopic (exact) mass is 326 g/mol. The van der Waals surface area contributed by atoms with Crippen molar-refractivity contribution in [2.45, 2.75) is 13.5 Å². The standard InChI is InChI=1S/C12H12F2N4S.C2H4O/c1-15-10-3-2-9(13)8(12(10)14)6-18-5-4-11(17-18)16-7-19;1-2-3/h2-5,7,15H,6H2,1H3,(H,16,17,19);2H,1H3. The van der Waals surface area contributed by atoms with Crippen molar-refractivity contribution in [3.63, 3.8) is 0 Å². The number of anilines is 2. The van der Waals surface area contributed by atoms with Gasteiger partial charge in [-0.05, 0) is 19.1 Å². The summed E-state index contributed by atoms with van der Waals surface area (Å²) in [5.41, 5.74) is 1.53. The normalized spacial score (nSPS) is 9.45. The Morgan fingerprint density at radius 3 is 2.64 bits per heavy atom. The molecule has 0 bridgehead atoms. The summed E-state index contributed by atoms with van der Waals surface area (Å²) in [6.45, 7) is 1.45. The molecule has 118 valence electrons. The molecule has 0 aliphatic heterocycles. The van der Waals surface area contributed by atoms with E-state index in [9.17, 15) is 8.78 Å². The zero-order valence-electron chi connectivity index (χ0n) is 12.1. The Balaban J connectivity index is 0.000000745. The van der Waals surface area contributed by atoms with Gasteiger partial charge in [0.25, 0.3) is 0 Å². The summed E-state index contributed by atoms with van der Waals surface area (Å²) in [6.07, 6.45) is 2.37. The molecule has 2 aromatic rings. The van der Waals surface area contributed by atoms with E-state index < -0.39 is 11.6 Å². The van der Waals surface area contributed by atoms with E-state index in [2.05, 4.69) is 28.0 Å². The van der Waals surface area contributed by atoms with Crippen LogP contribution in [-0.4, -0.2) is 28.6 Å². The van der Waals surface area contributed by atoms with E-state index in [1.165, 1.54) is 29.2 Å². The molecule has 1 aromatic heterocycles. The third kappa shape index (κ3) is 4.59. The lowest BCUT2D eigenvalue weighted by Crippen LogP contribution is -2.08. The molecule has 8 heteroatoms. The number of nitrogens with zero attached hydrogens (tertiary/aromatic N) is 2. The Labute approximate surface area is 132 Å². The Morgan fingerprint density at radius 2 is 2.05 bits per heavy atom. The van der Waals surface area contributed by atoms with Crippen LogP contribution in [0.15, 0.2) is 24.4 Å². The van der Waals surface area contributed by atoms with Crippen LogP contribution in [0.3, 0.4) is 0 Å². The highest BCUT2D eigenvalue weighted by molar-refractivity contribution is 7.79. The molecule has 0 saturated carbocycles. The van der Waals surface area contributed by atoms with Gasteiger partial charge in [-0.15, -0.1) is 0 Å². The van der Waals surface area contributed by atoms with Crippen molar-refractivity contribution in [3.05, 3.63) is 41.6 Å². The molecule has 0 unspecified atom stereocenters. The molecular weight excluding hydrogens is 310 g/mol. The predicted octanol–water partition coefficient (Wildman–Crippen LogP) is 2.83. The van der Waals surface area contributed by atoms with Gasteiger partial charge in [-0.25, -0.2) is 8.78 Å². The first-order valence-electron chi connectivity index (χ1n) is 6.35. The number of aldehydes is 1. The first-order valence-corrected chi connectivity index (χ1v) is 6.82. The van der Waals surface area contributed by atoms with E-state index >= 15 is 0 Å². The van der Waals surface area contributed by atoms with Gasteiger partial charge in [0.1, 0.15) is 12.1 Å². The van der Waals surface area contributed by atoms with Crippen LogP contribution in [0.25, 0.3) is 0 Å². The van der Waals surface area contributed by atoms with Crippen LogP contribution in [0, 0.1) is 11.6 Å². The van der Waals surface area contributed by atoms with E-state index in [4.69, 9.17) is 4.79 Å². The molecule has 0 radical (unpaired) electrons. The SMILES string of the molecule is CC=O.CNc1ccc(F)c(Cn2ccc(NC=S)n2)c1F. The van der Waals surface area contributed by atoms with Gasteiger partial charge in [-0.2, -0.15) is 5.10 Å². The molecule has 0 atom stereocenters. The molecule has 0 aliphatic rings. The maximum atomic E-state index is 14.0. The summed E-state index contributed by atoms with van der Waals surface area (Å²) < 4.78 is 29.1. The molecule has 0 fully saturated rings. The van der Waals surface area contributed by atoms with E-state index in [1.54, 1.807) is 19.3 Å². The van der Waals surface area contributed by atoms with Crippen molar-refractivity contribution in [1.82, 2.24) is 9.78 Å². The molecular formula is C14H16F2N4OS. The summed E-state index contributed by atoms with van der Waals surface area (Å²) >= 11 is 4.63. The summed E-state index contributed by atoms with van der Waals surface area (Å²) in [7, 11) is 1.58. The quantitative estimate of drug-likeness (QED) is 0.653. The van der Waals surface area contributed by atoms with Crippen molar-refractivity contribution in [2.75, 3.05) is 17.7 Å². The Morgan fingerprint density at radius 1 is 1.36 bits per heavy atom. The van der Waals surface area contributed by atoms with Crippen LogP contribution in [-0.2, 0) is 11.3 Å². The van der Waals surface area contributed by atoms with Gasteiger partial charge in [0.15, 0.2) is 11.6 Å². The van der Waals surface area contributed by atoms with Crippen molar-refractivity contribution in [1.29, 1.82) is 0 Å². The number of hydrogen-bond acceptors (Lipinski definition) is 4. The third-order valence-electron chi connectivity index (χ3n) is 2.62. The first-order chi connectivity index (χ1) is 10.6. The van der Waals surface area contributed by atoms with Crippen molar-refractivity contribution < 1.29 is 13.6 Å². The van der Waals surface area contributed by atoms with Crippen molar-refractivity contribution >= 4 is 35.5 Å². The predicted molar refractivity (Wildman–Crippen MR) is 86.2 cm³/mol. The average Bonchev–Trinajstić information content (AvgIpc) is 2.92. The van der Waals surface area contributed by atoms with Crippen LogP contribution in [0.4, 0.5) is 20.3 Å².